The summed E-state index contributed by atoms with van der Waals surface area (Å²) in [6.45, 7) is 29.0. The van der Waals surface area contributed by atoms with Crippen LogP contribution in [0.5, 0.6) is 0 Å². The standard InChI is InChI=1S/C97H76BN5/c1-95(2,3)66-39-29-38-64(52-66)65-46-50-85-80(53-65)98-79-49-48-70(100-81-43-26-23-40-71(81)78-58-69(99-10)47-51-84(78)100)59-86(79)103(91-76(62-34-19-13-20-35-62)56-68(97(7,8)9)57-77(91)63-36-21-14-22-37-63)94-88-73-42-25-28-45-83(73)101-82-44-27-24-41-72(82)87(92(88)101)93(89(94)98)102(85)90-74(60-30-15-11-16-31-60)54-67(96(4,5)6)55-75(90)61-32-17-12-18-33-61/h11-59H,1-9H3. The third-order valence-electron chi connectivity index (χ3n) is 22.2. The van der Waals surface area contributed by atoms with Gasteiger partial charge in [0, 0.05) is 66.2 Å². The summed E-state index contributed by atoms with van der Waals surface area (Å²) in [7, 11) is 0. The number of anilines is 6. The number of benzene rings is 14. The molecule has 0 aliphatic carbocycles. The molecule has 0 saturated heterocycles. The minimum atomic E-state index is -0.333. The van der Waals surface area contributed by atoms with Gasteiger partial charge in [-0.05, 0) is 161 Å². The fraction of sp³-hybridized carbons (Fsp3) is 0.124. The summed E-state index contributed by atoms with van der Waals surface area (Å²) in [4.78, 5) is 9.53. The van der Waals surface area contributed by atoms with E-state index in [2.05, 4.69) is 377 Å². The Hall–Kier alpha value is -12.2. The highest BCUT2D eigenvalue weighted by Gasteiger charge is 2.49. The van der Waals surface area contributed by atoms with E-state index in [0.29, 0.717) is 5.69 Å². The van der Waals surface area contributed by atoms with E-state index in [1.54, 1.807) is 0 Å². The third-order valence-corrected chi connectivity index (χ3v) is 22.2. The number of para-hydroxylation sites is 3. The molecule has 2 aliphatic heterocycles. The predicted molar refractivity (Wildman–Crippen MR) is 439 cm³/mol. The molecular weight excluding hydrogens is 1250 g/mol. The van der Waals surface area contributed by atoms with Gasteiger partial charge < -0.3 is 18.8 Å². The molecule has 0 N–H and O–H groups in total. The van der Waals surface area contributed by atoms with Crippen LogP contribution in [0.15, 0.2) is 297 Å². The van der Waals surface area contributed by atoms with Crippen LogP contribution in [-0.2, 0) is 16.2 Å². The molecule has 0 amide bonds. The van der Waals surface area contributed by atoms with Gasteiger partial charge in [-0.1, -0.05) is 287 Å². The van der Waals surface area contributed by atoms with E-state index in [4.69, 9.17) is 6.57 Å². The zero-order chi connectivity index (χ0) is 69.9. The molecule has 0 bridgehead atoms. The third kappa shape index (κ3) is 9.52. The van der Waals surface area contributed by atoms with Crippen LogP contribution in [0.2, 0.25) is 0 Å². The van der Waals surface area contributed by atoms with Crippen molar-refractivity contribution in [3.05, 3.63) is 325 Å². The zero-order valence-electron chi connectivity index (χ0n) is 59.6. The Labute approximate surface area is 603 Å². The maximum atomic E-state index is 8.24. The maximum Gasteiger partial charge on any atom is 0.252 e. The average molecular weight is 1320 g/mol. The Morgan fingerprint density at radius 2 is 0.748 bits per heavy atom. The highest BCUT2D eigenvalue weighted by Crippen LogP contribution is 2.60. The van der Waals surface area contributed by atoms with E-state index >= 15 is 0 Å². The van der Waals surface area contributed by atoms with Crippen LogP contribution in [0, 0.1) is 6.57 Å². The Morgan fingerprint density at radius 3 is 1.24 bits per heavy atom. The Bertz CT molecular complexity index is 6250. The first kappa shape index (κ1) is 61.9. The van der Waals surface area contributed by atoms with E-state index < -0.39 is 0 Å². The lowest BCUT2D eigenvalue weighted by Crippen LogP contribution is -2.61. The highest BCUT2D eigenvalue weighted by atomic mass is 15.2. The molecule has 0 spiro atoms. The zero-order valence-corrected chi connectivity index (χ0v) is 59.6. The molecular formula is C97H76BN5. The first-order chi connectivity index (χ1) is 50.0. The smallest absolute Gasteiger partial charge is 0.252 e. The summed E-state index contributed by atoms with van der Waals surface area (Å²) in [6, 6.07) is 112. The van der Waals surface area contributed by atoms with Crippen molar-refractivity contribution in [2.24, 2.45) is 0 Å². The number of rotatable bonds is 8. The van der Waals surface area contributed by atoms with Gasteiger partial charge in [0.05, 0.1) is 56.9 Å². The van der Waals surface area contributed by atoms with Gasteiger partial charge in [-0.3, -0.25) is 0 Å². The van der Waals surface area contributed by atoms with E-state index in [1.165, 1.54) is 71.4 Å². The minimum Gasteiger partial charge on any atom is -0.309 e. The summed E-state index contributed by atoms with van der Waals surface area (Å²) >= 11 is 0. The number of nitrogens with zero attached hydrogens (tertiary/aromatic N) is 5. The topological polar surface area (TPSA) is 20.2 Å². The molecule has 5 nitrogen and oxygen atoms in total. The molecule has 14 aromatic carbocycles. The Kier molecular flexibility index (Phi) is 13.8. The van der Waals surface area contributed by atoms with Crippen LogP contribution in [0.1, 0.15) is 79.0 Å². The summed E-state index contributed by atoms with van der Waals surface area (Å²) in [5, 5.41) is 6.97. The van der Waals surface area contributed by atoms with Crippen LogP contribution in [-0.4, -0.2) is 15.7 Å². The number of hydrogen-bond acceptors (Lipinski definition) is 2. The fourth-order valence-corrected chi connectivity index (χ4v) is 17.2. The average Bonchev–Trinajstić information content (AvgIpc) is 1.60. The van der Waals surface area contributed by atoms with Crippen molar-refractivity contribution in [2.45, 2.75) is 78.6 Å². The largest absolute Gasteiger partial charge is 0.309 e. The van der Waals surface area contributed by atoms with Crippen LogP contribution < -0.4 is 26.2 Å². The van der Waals surface area contributed by atoms with Gasteiger partial charge in [0.15, 0.2) is 5.69 Å². The van der Waals surface area contributed by atoms with Gasteiger partial charge in [0.1, 0.15) is 0 Å². The monoisotopic (exact) mass is 1320 g/mol. The van der Waals surface area contributed by atoms with Crippen molar-refractivity contribution in [1.82, 2.24) is 8.97 Å². The molecule has 492 valence electrons. The molecule has 103 heavy (non-hydrogen) atoms. The molecule has 0 atom stereocenters. The number of aromatic nitrogens is 2. The van der Waals surface area contributed by atoms with E-state index in [0.717, 1.165) is 117 Å². The van der Waals surface area contributed by atoms with Crippen molar-refractivity contribution >= 4 is 123 Å². The molecule has 2 aliphatic rings. The second-order valence-corrected chi connectivity index (χ2v) is 31.5. The highest BCUT2D eigenvalue weighted by molar-refractivity contribution is 7.01. The summed E-state index contributed by atoms with van der Waals surface area (Å²) in [5.74, 6) is 0. The number of hydrogen-bond donors (Lipinski definition) is 0. The van der Waals surface area contributed by atoms with Crippen molar-refractivity contribution in [2.75, 3.05) is 9.80 Å². The second kappa shape index (κ2) is 22.9. The van der Waals surface area contributed by atoms with Gasteiger partial charge in [-0.2, -0.15) is 0 Å². The van der Waals surface area contributed by atoms with Crippen LogP contribution in [0.3, 0.4) is 0 Å². The van der Waals surface area contributed by atoms with E-state index in [1.807, 2.05) is 6.07 Å². The summed E-state index contributed by atoms with van der Waals surface area (Å²) < 4.78 is 5.05. The molecule has 0 unspecified atom stereocenters. The van der Waals surface area contributed by atoms with Gasteiger partial charge in [-0.25, -0.2) is 4.85 Å². The molecule has 5 heterocycles. The normalized spacial score (nSPS) is 13.0. The van der Waals surface area contributed by atoms with Crippen LogP contribution >= 0.6 is 0 Å². The first-order valence-electron chi connectivity index (χ1n) is 36.2. The molecule has 0 fully saturated rings. The second-order valence-electron chi connectivity index (χ2n) is 31.5. The minimum absolute atomic E-state index is 0.0827. The Morgan fingerprint density at radius 1 is 0.311 bits per heavy atom. The van der Waals surface area contributed by atoms with Crippen LogP contribution in [0.25, 0.3) is 126 Å². The quantitative estimate of drug-likeness (QED) is 0.112. The summed E-state index contributed by atoms with van der Waals surface area (Å²) in [6.07, 6.45) is 0. The first-order valence-corrected chi connectivity index (χ1v) is 36.2. The van der Waals surface area contributed by atoms with Crippen molar-refractivity contribution in [1.29, 1.82) is 0 Å². The lowest BCUT2D eigenvalue weighted by Gasteiger charge is -2.46. The van der Waals surface area contributed by atoms with Crippen molar-refractivity contribution in [3.63, 3.8) is 0 Å². The molecule has 0 saturated carbocycles. The van der Waals surface area contributed by atoms with E-state index in [9.17, 15) is 0 Å². The van der Waals surface area contributed by atoms with Crippen LogP contribution in [0.4, 0.5) is 39.8 Å². The molecule has 0 radical (unpaired) electrons. The van der Waals surface area contributed by atoms with Gasteiger partial charge in [0.2, 0.25) is 0 Å². The lowest BCUT2D eigenvalue weighted by molar-refractivity contribution is 0.590. The van der Waals surface area contributed by atoms with Gasteiger partial charge in [0.25, 0.3) is 6.71 Å². The SMILES string of the molecule is [C-]#[N+]c1ccc2c(c1)c1ccccc1n2-c1ccc2c(c1)N(c1c(-c3ccccc3)cc(C(C)(C)C)cc1-c1ccccc1)c1c3c(c4c5ccccc5n5c6ccccc6c1c45)N(c1c(-c4ccccc4)cc(C(C)(C)C)cc1-c1ccccc1)c1ccc(-c4cccc(C(C)(C)C)c4)cc1B23. The Balaban J connectivity index is 1.08. The molecule has 6 heteroatoms. The van der Waals surface area contributed by atoms with Gasteiger partial charge in [-0.15, -0.1) is 0 Å². The van der Waals surface area contributed by atoms with Gasteiger partial charge >= 0.3 is 0 Å². The maximum absolute atomic E-state index is 8.24. The molecule has 19 rings (SSSR count). The van der Waals surface area contributed by atoms with Crippen molar-refractivity contribution in [3.8, 4) is 61.3 Å². The van der Waals surface area contributed by atoms with E-state index in [-0.39, 0.29) is 23.0 Å². The predicted octanol–water partition coefficient (Wildman–Crippen LogP) is 24.8. The fourth-order valence-electron chi connectivity index (χ4n) is 17.2. The molecule has 3 aromatic heterocycles. The van der Waals surface area contributed by atoms with Crippen molar-refractivity contribution < 1.29 is 0 Å². The number of fused-ring (bicyclic) bond motifs is 15. The lowest BCUT2D eigenvalue weighted by atomic mass is 9.33. The molecule has 17 aromatic rings. The summed E-state index contributed by atoms with van der Waals surface area (Å²) in [5.41, 5.74) is 32.5.